The Morgan fingerprint density at radius 3 is 2.73 bits per heavy atom. The third kappa shape index (κ3) is 2.08. The van der Waals surface area contributed by atoms with Gasteiger partial charge >= 0.3 is 0 Å². The molecule has 1 nitrogen and oxygen atoms in total. The normalized spacial score (nSPS) is 12.7. The van der Waals surface area contributed by atoms with E-state index in [1.54, 1.807) is 24.3 Å². The highest BCUT2D eigenvalue weighted by atomic mass is 32.1. The molecule has 2 rings (SSSR count). The van der Waals surface area contributed by atoms with Gasteiger partial charge in [-0.3, -0.25) is 0 Å². The van der Waals surface area contributed by atoms with Crippen molar-refractivity contribution in [3.05, 3.63) is 57.5 Å². The van der Waals surface area contributed by atoms with Crippen LogP contribution < -0.4 is 5.73 Å². The average Bonchev–Trinajstić information content (AvgIpc) is 2.74. The fraction of sp³-hybridized carbons (Fsp3) is 0.167. The summed E-state index contributed by atoms with van der Waals surface area (Å²) in [6.07, 6.45) is 0. The first-order valence-electron chi connectivity index (χ1n) is 4.73. The predicted molar refractivity (Wildman–Crippen MR) is 61.5 cm³/mol. The molecule has 1 unspecified atom stereocenters. The molecule has 1 aromatic carbocycles. The third-order valence-corrected chi connectivity index (χ3v) is 3.36. The molecule has 1 heterocycles. The SMILES string of the molecule is Cc1ccc(C(N)c2cccs2)cc1F. The van der Waals surface area contributed by atoms with Crippen LogP contribution in [0.25, 0.3) is 0 Å². The molecule has 0 radical (unpaired) electrons. The minimum atomic E-state index is -0.222. The van der Waals surface area contributed by atoms with Gasteiger partial charge < -0.3 is 5.73 Å². The number of halogens is 1. The quantitative estimate of drug-likeness (QED) is 0.827. The molecule has 2 aromatic rings. The second-order valence-electron chi connectivity index (χ2n) is 3.50. The van der Waals surface area contributed by atoms with E-state index in [1.807, 2.05) is 23.6 Å². The molecule has 3 heteroatoms. The van der Waals surface area contributed by atoms with Gasteiger partial charge in [0.15, 0.2) is 0 Å². The van der Waals surface area contributed by atoms with Gasteiger partial charge in [-0.25, -0.2) is 4.39 Å². The first-order valence-corrected chi connectivity index (χ1v) is 5.61. The molecule has 0 aliphatic carbocycles. The van der Waals surface area contributed by atoms with E-state index in [4.69, 9.17) is 5.73 Å². The third-order valence-electron chi connectivity index (χ3n) is 2.40. The van der Waals surface area contributed by atoms with E-state index in [0.29, 0.717) is 5.56 Å². The molecule has 0 saturated heterocycles. The van der Waals surface area contributed by atoms with Gasteiger partial charge in [0.2, 0.25) is 0 Å². The van der Waals surface area contributed by atoms with E-state index in [-0.39, 0.29) is 11.9 Å². The maximum Gasteiger partial charge on any atom is 0.126 e. The van der Waals surface area contributed by atoms with Crippen molar-refractivity contribution in [1.29, 1.82) is 0 Å². The number of aryl methyl sites for hydroxylation is 1. The molecule has 0 aliphatic heterocycles. The maximum absolute atomic E-state index is 13.3. The van der Waals surface area contributed by atoms with Crippen LogP contribution in [0.5, 0.6) is 0 Å². The van der Waals surface area contributed by atoms with E-state index in [2.05, 4.69) is 0 Å². The summed E-state index contributed by atoms with van der Waals surface area (Å²) in [5.41, 5.74) is 7.49. The highest BCUT2D eigenvalue weighted by Gasteiger charge is 2.10. The number of thiophene rings is 1. The van der Waals surface area contributed by atoms with E-state index in [9.17, 15) is 4.39 Å². The zero-order chi connectivity index (χ0) is 10.8. The van der Waals surface area contributed by atoms with Crippen LogP contribution in [0.1, 0.15) is 22.0 Å². The Labute approximate surface area is 92.4 Å². The summed E-state index contributed by atoms with van der Waals surface area (Å²) in [4.78, 5) is 1.05. The van der Waals surface area contributed by atoms with Crippen molar-refractivity contribution in [3.8, 4) is 0 Å². The molecule has 78 valence electrons. The van der Waals surface area contributed by atoms with Gasteiger partial charge in [-0.2, -0.15) is 0 Å². The Morgan fingerprint density at radius 2 is 2.13 bits per heavy atom. The number of benzene rings is 1. The molecule has 0 saturated carbocycles. The number of rotatable bonds is 2. The summed E-state index contributed by atoms with van der Waals surface area (Å²) in [6.45, 7) is 1.75. The fourth-order valence-corrected chi connectivity index (χ4v) is 2.19. The smallest absolute Gasteiger partial charge is 0.126 e. The van der Waals surface area contributed by atoms with Crippen molar-refractivity contribution in [1.82, 2.24) is 0 Å². The first-order chi connectivity index (χ1) is 7.18. The van der Waals surface area contributed by atoms with Gasteiger partial charge in [0.1, 0.15) is 5.82 Å². The summed E-state index contributed by atoms with van der Waals surface area (Å²) in [7, 11) is 0. The lowest BCUT2D eigenvalue weighted by atomic mass is 10.0. The average molecular weight is 221 g/mol. The Hall–Kier alpha value is -1.19. The monoisotopic (exact) mass is 221 g/mol. The van der Waals surface area contributed by atoms with Gasteiger partial charge in [0, 0.05) is 4.88 Å². The number of nitrogens with two attached hydrogens (primary N) is 1. The van der Waals surface area contributed by atoms with Crippen LogP contribution in [0.2, 0.25) is 0 Å². The predicted octanol–water partition coefficient (Wildman–Crippen LogP) is 3.24. The van der Waals surface area contributed by atoms with Gasteiger partial charge in [-0.1, -0.05) is 18.2 Å². The van der Waals surface area contributed by atoms with E-state index < -0.39 is 0 Å². The van der Waals surface area contributed by atoms with Gasteiger partial charge in [0.25, 0.3) is 0 Å². The molecule has 15 heavy (non-hydrogen) atoms. The zero-order valence-corrected chi connectivity index (χ0v) is 9.22. The molecule has 1 aromatic heterocycles. The summed E-state index contributed by atoms with van der Waals surface area (Å²) in [5, 5.41) is 1.97. The van der Waals surface area contributed by atoms with Crippen LogP contribution >= 0.6 is 11.3 Å². The van der Waals surface area contributed by atoms with Gasteiger partial charge in [0.05, 0.1) is 6.04 Å². The molecule has 0 fully saturated rings. The topological polar surface area (TPSA) is 26.0 Å². The number of hydrogen-bond acceptors (Lipinski definition) is 2. The van der Waals surface area contributed by atoms with Gasteiger partial charge in [-0.05, 0) is 35.6 Å². The lowest BCUT2D eigenvalue weighted by Gasteiger charge is -2.10. The van der Waals surface area contributed by atoms with Crippen molar-refractivity contribution >= 4 is 11.3 Å². The Balaban J connectivity index is 2.34. The standard InChI is InChI=1S/C12H12FNS/c1-8-4-5-9(7-10(8)13)12(14)11-3-2-6-15-11/h2-7,12H,14H2,1H3. The van der Waals surface area contributed by atoms with E-state index in [0.717, 1.165) is 10.4 Å². The largest absolute Gasteiger partial charge is 0.320 e. The summed E-state index contributed by atoms with van der Waals surface area (Å²) in [6, 6.07) is 8.85. The molecule has 0 bridgehead atoms. The molecule has 1 atom stereocenters. The Morgan fingerprint density at radius 1 is 1.33 bits per heavy atom. The van der Waals surface area contributed by atoms with Crippen LogP contribution in [0, 0.1) is 12.7 Å². The molecular formula is C12H12FNS. The minimum absolute atomic E-state index is 0.195. The fourth-order valence-electron chi connectivity index (χ4n) is 1.44. The van der Waals surface area contributed by atoms with Crippen LogP contribution in [0.4, 0.5) is 4.39 Å². The minimum Gasteiger partial charge on any atom is -0.320 e. The van der Waals surface area contributed by atoms with Gasteiger partial charge in [-0.15, -0.1) is 11.3 Å². The molecule has 0 spiro atoms. The Bertz CT molecular complexity index is 451. The maximum atomic E-state index is 13.3. The highest BCUT2D eigenvalue weighted by molar-refractivity contribution is 7.10. The molecule has 2 N–H and O–H groups in total. The van der Waals surface area contributed by atoms with Crippen molar-refractivity contribution in [3.63, 3.8) is 0 Å². The van der Waals surface area contributed by atoms with Crippen LogP contribution in [0.3, 0.4) is 0 Å². The van der Waals surface area contributed by atoms with E-state index >= 15 is 0 Å². The second-order valence-corrected chi connectivity index (χ2v) is 4.48. The molecule has 0 aliphatic rings. The second kappa shape index (κ2) is 4.13. The molecule has 0 amide bonds. The van der Waals surface area contributed by atoms with Crippen LogP contribution in [0.15, 0.2) is 35.7 Å². The van der Waals surface area contributed by atoms with Crippen molar-refractivity contribution in [2.24, 2.45) is 5.73 Å². The van der Waals surface area contributed by atoms with Crippen LogP contribution in [-0.4, -0.2) is 0 Å². The Kier molecular flexibility index (Phi) is 2.84. The number of hydrogen-bond donors (Lipinski definition) is 1. The summed E-state index contributed by atoms with van der Waals surface area (Å²) < 4.78 is 13.3. The molecular weight excluding hydrogens is 209 g/mol. The lowest BCUT2D eigenvalue weighted by Crippen LogP contribution is -2.10. The van der Waals surface area contributed by atoms with Crippen molar-refractivity contribution in [2.45, 2.75) is 13.0 Å². The summed E-state index contributed by atoms with van der Waals surface area (Å²) in [5.74, 6) is -0.195. The van der Waals surface area contributed by atoms with Crippen molar-refractivity contribution in [2.75, 3.05) is 0 Å². The van der Waals surface area contributed by atoms with E-state index in [1.165, 1.54) is 6.07 Å². The lowest BCUT2D eigenvalue weighted by molar-refractivity contribution is 0.614. The van der Waals surface area contributed by atoms with Crippen LogP contribution in [-0.2, 0) is 0 Å². The van der Waals surface area contributed by atoms with Crippen molar-refractivity contribution < 1.29 is 4.39 Å². The summed E-state index contributed by atoms with van der Waals surface area (Å²) >= 11 is 1.59. The zero-order valence-electron chi connectivity index (χ0n) is 8.41. The first kappa shape index (κ1) is 10.3. The highest BCUT2D eigenvalue weighted by Crippen LogP contribution is 2.24.